The van der Waals surface area contributed by atoms with E-state index in [0.29, 0.717) is 27.6 Å². The molecule has 0 N–H and O–H groups in total. The standard InChI is InChI=1S/C18H11ClFN3O2/c19-12-3-1-11(2-4-12)16-8-21-17(25-16)9-23-10-22-15-7-13(20)5-6-14(15)18(23)24/h1-8,10H,9H2. The molecule has 2 aromatic carbocycles. The van der Waals surface area contributed by atoms with Crippen LogP contribution in [0.2, 0.25) is 5.02 Å². The number of fused-ring (bicyclic) bond motifs is 1. The molecule has 25 heavy (non-hydrogen) atoms. The molecule has 4 aromatic rings. The van der Waals surface area contributed by atoms with E-state index in [1.54, 1.807) is 18.3 Å². The fraction of sp³-hybridized carbons (Fsp3) is 0.0556. The van der Waals surface area contributed by atoms with Crippen LogP contribution in [0.1, 0.15) is 5.89 Å². The van der Waals surface area contributed by atoms with Crippen molar-refractivity contribution in [1.82, 2.24) is 14.5 Å². The molecule has 7 heteroatoms. The van der Waals surface area contributed by atoms with Crippen LogP contribution in [0.25, 0.3) is 22.2 Å². The molecule has 0 aliphatic heterocycles. The van der Waals surface area contributed by atoms with Gasteiger partial charge in [-0.1, -0.05) is 11.6 Å². The van der Waals surface area contributed by atoms with Crippen molar-refractivity contribution >= 4 is 22.5 Å². The molecule has 4 rings (SSSR count). The van der Waals surface area contributed by atoms with Crippen LogP contribution < -0.4 is 5.56 Å². The summed E-state index contributed by atoms with van der Waals surface area (Å²) >= 11 is 5.87. The third kappa shape index (κ3) is 3.04. The molecular weight excluding hydrogens is 345 g/mol. The summed E-state index contributed by atoms with van der Waals surface area (Å²) in [6, 6.07) is 11.1. The first-order chi connectivity index (χ1) is 12.1. The molecule has 5 nitrogen and oxygen atoms in total. The third-order valence-electron chi connectivity index (χ3n) is 3.78. The molecule has 0 aliphatic rings. The van der Waals surface area contributed by atoms with E-state index < -0.39 is 5.82 Å². The van der Waals surface area contributed by atoms with Gasteiger partial charge in [-0.25, -0.2) is 14.4 Å². The van der Waals surface area contributed by atoms with Crippen molar-refractivity contribution in [3.05, 3.63) is 82.1 Å². The van der Waals surface area contributed by atoms with Crippen molar-refractivity contribution in [3.63, 3.8) is 0 Å². The van der Waals surface area contributed by atoms with Gasteiger partial charge in [0, 0.05) is 16.7 Å². The van der Waals surface area contributed by atoms with Crippen LogP contribution in [0.15, 0.2) is 64.2 Å². The smallest absolute Gasteiger partial charge is 0.261 e. The summed E-state index contributed by atoms with van der Waals surface area (Å²) < 4.78 is 20.3. The molecule has 2 aromatic heterocycles. The highest BCUT2D eigenvalue weighted by Gasteiger charge is 2.10. The molecule has 0 bridgehead atoms. The van der Waals surface area contributed by atoms with Gasteiger partial charge in [-0.2, -0.15) is 0 Å². The van der Waals surface area contributed by atoms with Gasteiger partial charge in [-0.15, -0.1) is 0 Å². The minimum atomic E-state index is -0.433. The average Bonchev–Trinajstić information content (AvgIpc) is 3.06. The second kappa shape index (κ2) is 6.14. The zero-order valence-corrected chi connectivity index (χ0v) is 13.6. The molecule has 0 atom stereocenters. The largest absolute Gasteiger partial charge is 0.439 e. The van der Waals surface area contributed by atoms with E-state index in [4.69, 9.17) is 16.0 Å². The first kappa shape index (κ1) is 15.5. The van der Waals surface area contributed by atoms with Crippen LogP contribution in [0.4, 0.5) is 4.39 Å². The minimum absolute atomic E-state index is 0.132. The van der Waals surface area contributed by atoms with Gasteiger partial charge in [0.2, 0.25) is 5.89 Å². The van der Waals surface area contributed by atoms with Crippen LogP contribution in [-0.2, 0) is 6.54 Å². The maximum Gasteiger partial charge on any atom is 0.261 e. The molecule has 0 saturated heterocycles. The first-order valence-electron chi connectivity index (χ1n) is 7.45. The summed E-state index contributed by atoms with van der Waals surface area (Å²) in [6.07, 6.45) is 2.95. The predicted molar refractivity (Wildman–Crippen MR) is 92.0 cm³/mol. The first-order valence-corrected chi connectivity index (χ1v) is 7.83. The highest BCUT2D eigenvalue weighted by Crippen LogP contribution is 2.22. The van der Waals surface area contributed by atoms with Crippen molar-refractivity contribution in [1.29, 1.82) is 0 Å². The Balaban J connectivity index is 1.66. The molecule has 0 unspecified atom stereocenters. The van der Waals surface area contributed by atoms with Crippen LogP contribution in [0.5, 0.6) is 0 Å². The SMILES string of the molecule is O=c1c2ccc(F)cc2ncn1Cc1ncc(-c2ccc(Cl)cc2)o1. The molecule has 124 valence electrons. The summed E-state index contributed by atoms with van der Waals surface area (Å²) in [5.41, 5.74) is 0.870. The summed E-state index contributed by atoms with van der Waals surface area (Å²) in [4.78, 5) is 20.8. The number of benzene rings is 2. The van der Waals surface area contributed by atoms with Gasteiger partial charge in [0.15, 0.2) is 5.76 Å². The molecule has 0 saturated carbocycles. The van der Waals surface area contributed by atoms with Crippen molar-refractivity contribution in [2.45, 2.75) is 6.54 Å². The number of nitrogens with zero attached hydrogens (tertiary/aromatic N) is 3. The van der Waals surface area contributed by atoms with E-state index in [9.17, 15) is 9.18 Å². The van der Waals surface area contributed by atoms with Gasteiger partial charge in [-0.3, -0.25) is 9.36 Å². The lowest BCUT2D eigenvalue weighted by Crippen LogP contribution is -2.21. The van der Waals surface area contributed by atoms with E-state index in [2.05, 4.69) is 9.97 Å². The minimum Gasteiger partial charge on any atom is -0.439 e. The Kier molecular flexibility index (Phi) is 3.82. The van der Waals surface area contributed by atoms with Gasteiger partial charge < -0.3 is 4.42 Å². The Labute approximate surface area is 146 Å². The summed E-state index contributed by atoms with van der Waals surface area (Å²) in [7, 11) is 0. The van der Waals surface area contributed by atoms with E-state index in [1.807, 2.05) is 12.1 Å². The summed E-state index contributed by atoms with van der Waals surface area (Å²) in [6.45, 7) is 0.132. The Morgan fingerprint density at radius 3 is 2.72 bits per heavy atom. The maximum absolute atomic E-state index is 13.2. The van der Waals surface area contributed by atoms with Crippen molar-refractivity contribution < 1.29 is 8.81 Å². The van der Waals surface area contributed by atoms with Gasteiger partial charge in [0.05, 0.1) is 23.4 Å². The Bertz CT molecular complexity index is 1120. The molecule has 0 aliphatic carbocycles. The van der Waals surface area contributed by atoms with Crippen molar-refractivity contribution in [3.8, 4) is 11.3 Å². The topological polar surface area (TPSA) is 60.9 Å². The molecule has 0 amide bonds. The van der Waals surface area contributed by atoms with Crippen LogP contribution in [0, 0.1) is 5.82 Å². The summed E-state index contributed by atoms with van der Waals surface area (Å²) in [5, 5.41) is 0.974. The van der Waals surface area contributed by atoms with E-state index in [-0.39, 0.29) is 12.1 Å². The Hall–Kier alpha value is -2.99. The highest BCUT2D eigenvalue weighted by molar-refractivity contribution is 6.30. The van der Waals surface area contributed by atoms with Gasteiger partial charge >= 0.3 is 0 Å². The number of halogens is 2. The molecular formula is C18H11ClFN3O2. The number of oxazole rings is 1. The normalized spacial score (nSPS) is 11.1. The Morgan fingerprint density at radius 1 is 1.12 bits per heavy atom. The van der Waals surface area contributed by atoms with Crippen LogP contribution in [0.3, 0.4) is 0 Å². The van der Waals surface area contributed by atoms with Gasteiger partial charge in [0.25, 0.3) is 5.56 Å². The molecule has 0 radical (unpaired) electrons. The average molecular weight is 356 g/mol. The lowest BCUT2D eigenvalue weighted by atomic mass is 10.2. The zero-order valence-electron chi connectivity index (χ0n) is 12.8. The highest BCUT2D eigenvalue weighted by atomic mass is 35.5. The van der Waals surface area contributed by atoms with Crippen molar-refractivity contribution in [2.24, 2.45) is 0 Å². The predicted octanol–water partition coefficient (Wildman–Crippen LogP) is 3.89. The van der Waals surface area contributed by atoms with E-state index >= 15 is 0 Å². The zero-order chi connectivity index (χ0) is 17.4. The quantitative estimate of drug-likeness (QED) is 0.559. The second-order valence-electron chi connectivity index (χ2n) is 5.46. The molecule has 0 fully saturated rings. The number of aromatic nitrogens is 3. The fourth-order valence-corrected chi connectivity index (χ4v) is 2.65. The van der Waals surface area contributed by atoms with E-state index in [0.717, 1.165) is 5.56 Å². The van der Waals surface area contributed by atoms with Gasteiger partial charge in [0.1, 0.15) is 12.4 Å². The molecule has 0 spiro atoms. The van der Waals surface area contributed by atoms with E-state index in [1.165, 1.54) is 29.1 Å². The van der Waals surface area contributed by atoms with Crippen LogP contribution >= 0.6 is 11.6 Å². The number of rotatable bonds is 3. The Morgan fingerprint density at radius 2 is 1.92 bits per heavy atom. The lowest BCUT2D eigenvalue weighted by Gasteiger charge is -2.04. The lowest BCUT2D eigenvalue weighted by molar-refractivity contribution is 0.484. The maximum atomic E-state index is 13.2. The van der Waals surface area contributed by atoms with Gasteiger partial charge in [-0.05, 0) is 36.4 Å². The molecule has 2 heterocycles. The fourth-order valence-electron chi connectivity index (χ4n) is 2.52. The summed E-state index contributed by atoms with van der Waals surface area (Å²) in [5.74, 6) is 0.517. The van der Waals surface area contributed by atoms with Crippen LogP contribution in [-0.4, -0.2) is 14.5 Å². The number of hydrogen-bond donors (Lipinski definition) is 0. The monoisotopic (exact) mass is 355 g/mol. The third-order valence-corrected chi connectivity index (χ3v) is 4.03. The van der Waals surface area contributed by atoms with Crippen molar-refractivity contribution in [2.75, 3.05) is 0 Å². The number of hydrogen-bond acceptors (Lipinski definition) is 4. The second-order valence-corrected chi connectivity index (χ2v) is 5.90.